The number of hydrogen-bond donors (Lipinski definition) is 1. The molecule has 1 heterocycles. The molecule has 1 saturated carbocycles. The second kappa shape index (κ2) is 4.85. The van der Waals surface area contributed by atoms with E-state index in [1.54, 1.807) is 11.9 Å². The molecular weight excluding hydrogens is 240 g/mol. The van der Waals surface area contributed by atoms with Crippen LogP contribution in [0.15, 0.2) is 18.2 Å². The van der Waals surface area contributed by atoms with E-state index in [0.29, 0.717) is 5.92 Å². The van der Waals surface area contributed by atoms with E-state index in [4.69, 9.17) is 10.5 Å². The van der Waals surface area contributed by atoms with Gasteiger partial charge in [-0.15, -0.1) is 0 Å². The van der Waals surface area contributed by atoms with Gasteiger partial charge in [-0.05, 0) is 36.5 Å². The van der Waals surface area contributed by atoms with Crippen LogP contribution in [0.1, 0.15) is 37.3 Å². The number of benzene rings is 1. The van der Waals surface area contributed by atoms with Gasteiger partial charge in [0.25, 0.3) is 5.91 Å². The van der Waals surface area contributed by atoms with Gasteiger partial charge in [-0.3, -0.25) is 4.79 Å². The smallest absolute Gasteiger partial charge is 0.264 e. The lowest BCUT2D eigenvalue weighted by Crippen LogP contribution is -2.35. The molecule has 2 N–H and O–H groups in total. The number of carbonyl (C=O) groups is 1. The number of nitrogens with zero attached hydrogens (tertiary/aromatic N) is 1. The average molecular weight is 260 g/mol. The average Bonchev–Trinajstić information content (AvgIpc) is 2.96. The lowest BCUT2D eigenvalue weighted by molar-refractivity contribution is -0.120. The van der Waals surface area contributed by atoms with Crippen molar-refractivity contribution < 1.29 is 9.53 Å². The largest absolute Gasteiger partial charge is 0.482 e. The summed E-state index contributed by atoms with van der Waals surface area (Å²) in [6.45, 7) is 0.123. The van der Waals surface area contributed by atoms with Crippen molar-refractivity contribution >= 4 is 11.6 Å². The highest BCUT2D eigenvalue weighted by Gasteiger charge is 2.26. The third kappa shape index (κ3) is 2.21. The molecule has 19 heavy (non-hydrogen) atoms. The summed E-state index contributed by atoms with van der Waals surface area (Å²) in [7, 11) is 1.79. The standard InChI is InChI=1S/C15H20N2O2/c1-17-12-8-11(15(16)10-4-2-3-5-10)6-7-13(12)19-9-14(17)18/h6-8,10,15H,2-5,9,16H2,1H3. The van der Waals surface area contributed by atoms with Crippen molar-refractivity contribution in [3.05, 3.63) is 23.8 Å². The molecule has 1 aromatic rings. The molecule has 0 saturated heterocycles. The van der Waals surface area contributed by atoms with E-state index < -0.39 is 0 Å². The highest BCUT2D eigenvalue weighted by atomic mass is 16.5. The van der Waals surface area contributed by atoms with E-state index in [1.165, 1.54) is 25.7 Å². The number of hydrogen-bond acceptors (Lipinski definition) is 3. The van der Waals surface area contributed by atoms with Crippen LogP contribution in [0.5, 0.6) is 5.75 Å². The highest BCUT2D eigenvalue weighted by Crippen LogP contribution is 2.38. The van der Waals surface area contributed by atoms with Crippen LogP contribution in [0.2, 0.25) is 0 Å². The molecule has 1 fully saturated rings. The summed E-state index contributed by atoms with van der Waals surface area (Å²) >= 11 is 0. The van der Waals surface area contributed by atoms with Gasteiger partial charge in [0.2, 0.25) is 0 Å². The molecule has 1 amide bonds. The second-order valence-corrected chi connectivity index (χ2v) is 5.54. The van der Waals surface area contributed by atoms with Gasteiger partial charge in [0.05, 0.1) is 5.69 Å². The Morgan fingerprint density at radius 1 is 1.37 bits per heavy atom. The molecular formula is C15H20N2O2. The van der Waals surface area contributed by atoms with Crippen LogP contribution >= 0.6 is 0 Å². The first-order chi connectivity index (χ1) is 9.16. The number of carbonyl (C=O) groups excluding carboxylic acids is 1. The Hall–Kier alpha value is -1.55. The molecule has 1 aliphatic heterocycles. The van der Waals surface area contributed by atoms with Crippen molar-refractivity contribution in [1.82, 2.24) is 0 Å². The molecule has 0 radical (unpaired) electrons. The lowest BCUT2D eigenvalue weighted by Gasteiger charge is -2.28. The van der Waals surface area contributed by atoms with E-state index in [1.807, 2.05) is 18.2 Å². The van der Waals surface area contributed by atoms with Crippen LogP contribution < -0.4 is 15.4 Å². The Bertz CT molecular complexity index is 495. The fourth-order valence-corrected chi connectivity index (χ4v) is 3.09. The minimum absolute atomic E-state index is 0.0147. The Balaban J connectivity index is 1.89. The van der Waals surface area contributed by atoms with Crippen molar-refractivity contribution in [3.63, 3.8) is 0 Å². The summed E-state index contributed by atoms with van der Waals surface area (Å²) in [5.74, 6) is 1.33. The van der Waals surface area contributed by atoms with Crippen LogP contribution in [-0.2, 0) is 4.79 Å². The van der Waals surface area contributed by atoms with Gasteiger partial charge in [-0.1, -0.05) is 18.9 Å². The number of fused-ring (bicyclic) bond motifs is 1. The summed E-state index contributed by atoms with van der Waals surface area (Å²) < 4.78 is 5.43. The maximum atomic E-state index is 11.7. The first kappa shape index (κ1) is 12.5. The molecule has 0 bridgehead atoms. The van der Waals surface area contributed by atoms with E-state index in [9.17, 15) is 4.79 Å². The molecule has 1 unspecified atom stereocenters. The molecule has 102 valence electrons. The number of rotatable bonds is 2. The maximum Gasteiger partial charge on any atom is 0.264 e. The van der Waals surface area contributed by atoms with Crippen LogP contribution in [0.4, 0.5) is 5.69 Å². The fraction of sp³-hybridized carbons (Fsp3) is 0.533. The summed E-state index contributed by atoms with van der Waals surface area (Å²) in [6.07, 6.45) is 4.99. The minimum atomic E-state index is -0.0147. The van der Waals surface area contributed by atoms with Gasteiger partial charge in [-0.25, -0.2) is 0 Å². The van der Waals surface area contributed by atoms with Gasteiger partial charge in [0.1, 0.15) is 5.75 Å². The molecule has 1 atom stereocenters. The van der Waals surface area contributed by atoms with Gasteiger partial charge in [-0.2, -0.15) is 0 Å². The van der Waals surface area contributed by atoms with Gasteiger partial charge in [0.15, 0.2) is 6.61 Å². The van der Waals surface area contributed by atoms with Crippen molar-refractivity contribution in [3.8, 4) is 5.75 Å². The third-order valence-electron chi connectivity index (χ3n) is 4.36. The third-order valence-corrected chi connectivity index (χ3v) is 4.36. The first-order valence-electron chi connectivity index (χ1n) is 6.95. The summed E-state index contributed by atoms with van der Waals surface area (Å²) in [4.78, 5) is 13.3. The van der Waals surface area contributed by atoms with Crippen LogP contribution in [0, 0.1) is 5.92 Å². The molecule has 3 rings (SSSR count). The Labute approximate surface area is 113 Å². The van der Waals surface area contributed by atoms with Crippen LogP contribution in [-0.4, -0.2) is 19.6 Å². The highest BCUT2D eigenvalue weighted by molar-refractivity contribution is 5.97. The fourth-order valence-electron chi connectivity index (χ4n) is 3.09. The number of anilines is 1. The maximum absolute atomic E-state index is 11.7. The molecule has 1 aliphatic carbocycles. The summed E-state index contributed by atoms with van der Waals surface area (Å²) in [6, 6.07) is 6.04. The molecule has 2 aliphatic rings. The Kier molecular flexibility index (Phi) is 3.19. The van der Waals surface area contributed by atoms with Crippen LogP contribution in [0.3, 0.4) is 0 Å². The van der Waals surface area contributed by atoms with E-state index in [0.717, 1.165) is 17.0 Å². The van der Waals surface area contributed by atoms with Gasteiger partial charge < -0.3 is 15.4 Å². The zero-order valence-corrected chi connectivity index (χ0v) is 11.3. The number of amides is 1. The van der Waals surface area contributed by atoms with Crippen molar-refractivity contribution in [2.24, 2.45) is 11.7 Å². The Morgan fingerprint density at radius 3 is 2.84 bits per heavy atom. The van der Waals surface area contributed by atoms with Crippen LogP contribution in [0.25, 0.3) is 0 Å². The van der Waals surface area contributed by atoms with Gasteiger partial charge in [0, 0.05) is 13.1 Å². The van der Waals surface area contributed by atoms with Gasteiger partial charge >= 0.3 is 0 Å². The normalized spacial score (nSPS) is 21.2. The first-order valence-corrected chi connectivity index (χ1v) is 6.95. The SMILES string of the molecule is CN1C(=O)COc2ccc(C(N)C3CCCC3)cc21. The van der Waals surface area contributed by atoms with E-state index in [-0.39, 0.29) is 18.6 Å². The van der Waals surface area contributed by atoms with Crippen molar-refractivity contribution in [2.45, 2.75) is 31.7 Å². The van der Waals surface area contributed by atoms with Crippen molar-refractivity contribution in [2.75, 3.05) is 18.6 Å². The minimum Gasteiger partial charge on any atom is -0.482 e. The molecule has 0 aromatic heterocycles. The summed E-state index contributed by atoms with van der Waals surface area (Å²) in [5.41, 5.74) is 8.31. The number of likely N-dealkylation sites (N-methyl/N-ethyl adjacent to an activating group) is 1. The molecule has 4 heteroatoms. The predicted molar refractivity (Wildman–Crippen MR) is 74.2 cm³/mol. The van der Waals surface area contributed by atoms with E-state index >= 15 is 0 Å². The zero-order valence-electron chi connectivity index (χ0n) is 11.3. The number of nitrogens with two attached hydrogens (primary N) is 1. The zero-order chi connectivity index (χ0) is 13.4. The quantitative estimate of drug-likeness (QED) is 0.887. The summed E-state index contributed by atoms with van der Waals surface area (Å²) in [5, 5.41) is 0. The lowest BCUT2D eigenvalue weighted by atomic mass is 9.92. The topological polar surface area (TPSA) is 55.6 Å². The molecule has 1 aromatic carbocycles. The molecule has 0 spiro atoms. The second-order valence-electron chi connectivity index (χ2n) is 5.54. The number of ether oxygens (including phenoxy) is 1. The molecule has 4 nitrogen and oxygen atoms in total. The van der Waals surface area contributed by atoms with Crippen molar-refractivity contribution in [1.29, 1.82) is 0 Å². The predicted octanol–water partition coefficient (Wildman–Crippen LogP) is 2.23. The van der Waals surface area contributed by atoms with E-state index in [2.05, 4.69) is 0 Å². The monoisotopic (exact) mass is 260 g/mol. The Morgan fingerprint density at radius 2 is 2.11 bits per heavy atom.